The number of carbonyl (C=O) groups is 1. The molecule has 0 aliphatic heterocycles. The Balaban J connectivity index is 1.92. The van der Waals surface area contributed by atoms with Gasteiger partial charge in [-0.05, 0) is 55.8 Å². The lowest BCUT2D eigenvalue weighted by molar-refractivity contribution is 0.0955. The number of nitrogens with one attached hydrogen (secondary N) is 1. The second-order valence-corrected chi connectivity index (χ2v) is 4.57. The number of ether oxygens (including phenoxy) is 1. The van der Waals surface area contributed by atoms with Crippen molar-refractivity contribution in [3.8, 4) is 5.75 Å². The number of amides is 1. The predicted molar refractivity (Wildman–Crippen MR) is 83.9 cm³/mol. The lowest BCUT2D eigenvalue weighted by Crippen LogP contribution is -2.17. The summed E-state index contributed by atoms with van der Waals surface area (Å²) in [5, 5.41) is 3.95. The van der Waals surface area contributed by atoms with Gasteiger partial charge in [-0.25, -0.2) is 5.43 Å². The number of aryl methyl sites for hydroxylation is 1. The SMILES string of the molecule is CCOc1ccc(/C=N\NC(=O)c2ccc(C)cc2)cc1. The minimum Gasteiger partial charge on any atom is -0.494 e. The number of hydrazone groups is 1. The third-order valence-electron chi connectivity index (χ3n) is 2.88. The molecule has 0 atom stereocenters. The Morgan fingerprint density at radius 1 is 1.14 bits per heavy atom. The number of hydrogen-bond donors (Lipinski definition) is 1. The zero-order chi connectivity index (χ0) is 15.1. The number of nitrogens with zero attached hydrogens (tertiary/aromatic N) is 1. The van der Waals surface area contributed by atoms with E-state index in [9.17, 15) is 4.79 Å². The summed E-state index contributed by atoms with van der Waals surface area (Å²) in [4.78, 5) is 11.8. The highest BCUT2D eigenvalue weighted by Gasteiger charge is 2.02. The van der Waals surface area contributed by atoms with Gasteiger partial charge in [0.1, 0.15) is 5.75 Å². The van der Waals surface area contributed by atoms with Crippen molar-refractivity contribution >= 4 is 12.1 Å². The smallest absolute Gasteiger partial charge is 0.271 e. The highest BCUT2D eigenvalue weighted by Crippen LogP contribution is 2.10. The zero-order valence-corrected chi connectivity index (χ0v) is 12.2. The molecule has 0 saturated carbocycles. The summed E-state index contributed by atoms with van der Waals surface area (Å²) in [6, 6.07) is 14.8. The summed E-state index contributed by atoms with van der Waals surface area (Å²) in [7, 11) is 0. The summed E-state index contributed by atoms with van der Waals surface area (Å²) in [5.41, 5.74) is 5.10. The predicted octanol–water partition coefficient (Wildman–Crippen LogP) is 3.16. The van der Waals surface area contributed by atoms with Crippen LogP contribution in [0, 0.1) is 6.92 Å². The Morgan fingerprint density at radius 2 is 1.81 bits per heavy atom. The largest absolute Gasteiger partial charge is 0.494 e. The lowest BCUT2D eigenvalue weighted by atomic mass is 10.1. The zero-order valence-electron chi connectivity index (χ0n) is 12.2. The van der Waals surface area contributed by atoms with Crippen molar-refractivity contribution in [1.29, 1.82) is 0 Å². The minimum absolute atomic E-state index is 0.225. The highest BCUT2D eigenvalue weighted by molar-refractivity contribution is 5.94. The van der Waals surface area contributed by atoms with E-state index in [0.29, 0.717) is 12.2 Å². The van der Waals surface area contributed by atoms with Gasteiger partial charge in [0.05, 0.1) is 12.8 Å². The van der Waals surface area contributed by atoms with Gasteiger partial charge in [-0.15, -0.1) is 0 Å². The van der Waals surface area contributed by atoms with E-state index in [2.05, 4.69) is 10.5 Å². The molecular formula is C17H18N2O2. The quantitative estimate of drug-likeness (QED) is 0.676. The van der Waals surface area contributed by atoms with E-state index in [1.54, 1.807) is 18.3 Å². The maximum atomic E-state index is 11.8. The van der Waals surface area contributed by atoms with Gasteiger partial charge in [0.2, 0.25) is 0 Å². The first-order chi connectivity index (χ1) is 10.2. The fourth-order valence-corrected chi connectivity index (χ4v) is 1.75. The van der Waals surface area contributed by atoms with E-state index in [-0.39, 0.29) is 5.91 Å². The van der Waals surface area contributed by atoms with Gasteiger partial charge in [0, 0.05) is 5.56 Å². The van der Waals surface area contributed by atoms with E-state index in [4.69, 9.17) is 4.74 Å². The molecule has 1 N–H and O–H groups in total. The maximum absolute atomic E-state index is 11.8. The molecule has 2 aromatic rings. The molecule has 0 spiro atoms. The van der Waals surface area contributed by atoms with Crippen LogP contribution in [-0.4, -0.2) is 18.7 Å². The Morgan fingerprint density at radius 3 is 2.43 bits per heavy atom. The molecule has 4 heteroatoms. The molecule has 0 aliphatic rings. The summed E-state index contributed by atoms with van der Waals surface area (Å²) < 4.78 is 5.36. The van der Waals surface area contributed by atoms with E-state index in [1.807, 2.05) is 50.2 Å². The number of benzene rings is 2. The number of hydrogen-bond acceptors (Lipinski definition) is 3. The standard InChI is InChI=1S/C17H18N2O2/c1-3-21-16-10-6-14(7-11-16)12-18-19-17(20)15-8-4-13(2)5-9-15/h4-12H,3H2,1-2H3,(H,19,20)/b18-12-. The van der Waals surface area contributed by atoms with Gasteiger partial charge in [0.25, 0.3) is 5.91 Å². The fourth-order valence-electron chi connectivity index (χ4n) is 1.75. The van der Waals surface area contributed by atoms with Gasteiger partial charge in [0.15, 0.2) is 0 Å². The van der Waals surface area contributed by atoms with Crippen molar-refractivity contribution in [1.82, 2.24) is 5.43 Å². The van der Waals surface area contributed by atoms with Gasteiger partial charge in [-0.2, -0.15) is 5.10 Å². The van der Waals surface area contributed by atoms with Crippen LogP contribution in [0.4, 0.5) is 0 Å². The Bertz CT molecular complexity index is 616. The summed E-state index contributed by atoms with van der Waals surface area (Å²) >= 11 is 0. The van der Waals surface area contributed by atoms with Crippen LogP contribution in [0.3, 0.4) is 0 Å². The van der Waals surface area contributed by atoms with Crippen LogP contribution in [0.2, 0.25) is 0 Å². The average Bonchev–Trinajstić information content (AvgIpc) is 2.50. The molecule has 0 aromatic heterocycles. The Hall–Kier alpha value is -2.62. The molecule has 2 rings (SSSR count). The molecule has 1 amide bonds. The monoisotopic (exact) mass is 282 g/mol. The first-order valence-electron chi connectivity index (χ1n) is 6.82. The average molecular weight is 282 g/mol. The van der Waals surface area contributed by atoms with Gasteiger partial charge in [-0.1, -0.05) is 17.7 Å². The summed E-state index contributed by atoms with van der Waals surface area (Å²) in [6.45, 7) is 4.56. The molecule has 0 fully saturated rings. The molecule has 0 aliphatic carbocycles. The van der Waals surface area contributed by atoms with E-state index in [0.717, 1.165) is 16.9 Å². The van der Waals surface area contributed by atoms with E-state index >= 15 is 0 Å². The molecule has 108 valence electrons. The molecule has 4 nitrogen and oxygen atoms in total. The van der Waals surface area contributed by atoms with Crippen LogP contribution < -0.4 is 10.2 Å². The van der Waals surface area contributed by atoms with Gasteiger partial charge < -0.3 is 4.74 Å². The molecule has 0 unspecified atom stereocenters. The Labute approximate surface area is 124 Å². The molecule has 0 bridgehead atoms. The molecule has 0 radical (unpaired) electrons. The second-order valence-electron chi connectivity index (χ2n) is 4.57. The number of carbonyl (C=O) groups excluding carboxylic acids is 1. The van der Waals surface area contributed by atoms with Crippen molar-refractivity contribution in [3.63, 3.8) is 0 Å². The second kappa shape index (κ2) is 7.24. The third-order valence-corrected chi connectivity index (χ3v) is 2.88. The fraction of sp³-hybridized carbons (Fsp3) is 0.176. The topological polar surface area (TPSA) is 50.7 Å². The molecule has 21 heavy (non-hydrogen) atoms. The van der Waals surface area contributed by atoms with Crippen molar-refractivity contribution in [2.45, 2.75) is 13.8 Å². The van der Waals surface area contributed by atoms with Crippen molar-refractivity contribution in [2.24, 2.45) is 5.10 Å². The highest BCUT2D eigenvalue weighted by atomic mass is 16.5. The van der Waals surface area contributed by atoms with Crippen LogP contribution in [0.15, 0.2) is 53.6 Å². The van der Waals surface area contributed by atoms with Crippen molar-refractivity contribution in [2.75, 3.05) is 6.61 Å². The van der Waals surface area contributed by atoms with Crippen LogP contribution in [0.25, 0.3) is 0 Å². The van der Waals surface area contributed by atoms with Crippen molar-refractivity contribution < 1.29 is 9.53 Å². The molecule has 2 aromatic carbocycles. The van der Waals surface area contributed by atoms with Crippen LogP contribution in [0.1, 0.15) is 28.4 Å². The van der Waals surface area contributed by atoms with Gasteiger partial charge in [-0.3, -0.25) is 4.79 Å². The van der Waals surface area contributed by atoms with Gasteiger partial charge >= 0.3 is 0 Å². The molecule has 0 heterocycles. The Kier molecular flexibility index (Phi) is 5.10. The van der Waals surface area contributed by atoms with E-state index in [1.165, 1.54) is 0 Å². The normalized spacial score (nSPS) is 10.6. The maximum Gasteiger partial charge on any atom is 0.271 e. The number of rotatable bonds is 5. The minimum atomic E-state index is -0.225. The molecule has 0 saturated heterocycles. The van der Waals surface area contributed by atoms with Crippen LogP contribution in [-0.2, 0) is 0 Å². The first-order valence-corrected chi connectivity index (χ1v) is 6.82. The lowest BCUT2D eigenvalue weighted by Gasteiger charge is -2.02. The molecular weight excluding hydrogens is 264 g/mol. The van der Waals surface area contributed by atoms with E-state index < -0.39 is 0 Å². The van der Waals surface area contributed by atoms with Crippen LogP contribution >= 0.6 is 0 Å². The third kappa shape index (κ3) is 4.45. The van der Waals surface area contributed by atoms with Crippen molar-refractivity contribution in [3.05, 3.63) is 65.2 Å². The van der Waals surface area contributed by atoms with Crippen LogP contribution in [0.5, 0.6) is 5.75 Å². The summed E-state index contributed by atoms with van der Waals surface area (Å²) in [6.07, 6.45) is 1.60. The first kappa shape index (κ1) is 14.8. The summed E-state index contributed by atoms with van der Waals surface area (Å²) in [5.74, 6) is 0.593.